The summed E-state index contributed by atoms with van der Waals surface area (Å²) in [5.74, 6) is -0.00231. The van der Waals surface area contributed by atoms with Crippen LogP contribution in [0.15, 0.2) is 48.8 Å². The summed E-state index contributed by atoms with van der Waals surface area (Å²) in [6.45, 7) is 12.4. The summed E-state index contributed by atoms with van der Waals surface area (Å²) in [5, 5.41) is 8.76. The average molecular weight is 136 g/mol. The standard InChI is InChI=1S/C9H12O/c1-7(2)5-6-8(3)9(4)10/h5-6,10H,1,3-4H2,2H3/b6-5-. The van der Waals surface area contributed by atoms with Crippen molar-refractivity contribution >= 4 is 0 Å². The zero-order valence-corrected chi connectivity index (χ0v) is 6.22. The maximum atomic E-state index is 8.76. The lowest BCUT2D eigenvalue weighted by molar-refractivity contribution is 0.429. The Hall–Kier alpha value is -1.24. The van der Waals surface area contributed by atoms with Crippen molar-refractivity contribution in [1.29, 1.82) is 0 Å². The van der Waals surface area contributed by atoms with Crippen molar-refractivity contribution in [1.82, 2.24) is 0 Å². The number of rotatable bonds is 3. The van der Waals surface area contributed by atoms with Crippen molar-refractivity contribution in [3.8, 4) is 0 Å². The molecule has 54 valence electrons. The fraction of sp³-hybridized carbons (Fsp3) is 0.111. The molecule has 0 saturated heterocycles. The van der Waals surface area contributed by atoms with Crippen LogP contribution in [0.3, 0.4) is 0 Å². The largest absolute Gasteiger partial charge is 0.508 e. The first-order valence-electron chi connectivity index (χ1n) is 2.94. The van der Waals surface area contributed by atoms with Crippen molar-refractivity contribution < 1.29 is 5.11 Å². The maximum absolute atomic E-state index is 8.76. The van der Waals surface area contributed by atoms with Gasteiger partial charge in [-0.2, -0.15) is 0 Å². The van der Waals surface area contributed by atoms with Gasteiger partial charge in [0.15, 0.2) is 0 Å². The van der Waals surface area contributed by atoms with Gasteiger partial charge in [-0.3, -0.25) is 0 Å². The van der Waals surface area contributed by atoms with E-state index >= 15 is 0 Å². The molecule has 10 heavy (non-hydrogen) atoms. The Morgan fingerprint density at radius 2 is 1.70 bits per heavy atom. The van der Waals surface area contributed by atoms with Crippen molar-refractivity contribution in [3.05, 3.63) is 48.8 Å². The molecule has 0 fully saturated rings. The Balaban J connectivity index is 4.03. The smallest absolute Gasteiger partial charge is 0.115 e. The van der Waals surface area contributed by atoms with Crippen LogP contribution < -0.4 is 0 Å². The van der Waals surface area contributed by atoms with E-state index in [1.54, 1.807) is 12.2 Å². The number of aliphatic hydroxyl groups is 1. The van der Waals surface area contributed by atoms with Gasteiger partial charge in [0.1, 0.15) is 5.76 Å². The van der Waals surface area contributed by atoms with Crippen LogP contribution in [0.5, 0.6) is 0 Å². The summed E-state index contributed by atoms with van der Waals surface area (Å²) in [5.41, 5.74) is 1.44. The molecule has 0 atom stereocenters. The molecule has 0 bridgehead atoms. The molecule has 1 heteroatoms. The number of hydrogen-bond donors (Lipinski definition) is 1. The van der Waals surface area contributed by atoms with Gasteiger partial charge in [-0.1, -0.05) is 37.5 Å². The van der Waals surface area contributed by atoms with Crippen molar-refractivity contribution in [3.63, 3.8) is 0 Å². The van der Waals surface area contributed by atoms with E-state index < -0.39 is 0 Å². The van der Waals surface area contributed by atoms with E-state index in [0.29, 0.717) is 5.57 Å². The molecule has 0 radical (unpaired) electrons. The molecule has 0 aromatic rings. The van der Waals surface area contributed by atoms with Crippen molar-refractivity contribution in [2.45, 2.75) is 6.92 Å². The molecule has 0 saturated carbocycles. The van der Waals surface area contributed by atoms with Crippen LogP contribution in [0, 0.1) is 0 Å². The molecule has 0 rings (SSSR count). The van der Waals surface area contributed by atoms with Gasteiger partial charge in [0, 0.05) is 5.57 Å². The second-order valence-corrected chi connectivity index (χ2v) is 2.15. The van der Waals surface area contributed by atoms with E-state index in [1.165, 1.54) is 0 Å². The molecule has 0 unspecified atom stereocenters. The zero-order valence-electron chi connectivity index (χ0n) is 6.22. The Morgan fingerprint density at radius 1 is 1.20 bits per heavy atom. The van der Waals surface area contributed by atoms with E-state index in [0.717, 1.165) is 5.57 Å². The first kappa shape index (κ1) is 8.76. The SMILES string of the molecule is C=C(C)/C=C\C(=C)C(=C)O. The number of allylic oxidation sites excluding steroid dienone is 3. The van der Waals surface area contributed by atoms with Crippen molar-refractivity contribution in [2.24, 2.45) is 0 Å². The van der Waals surface area contributed by atoms with Gasteiger partial charge < -0.3 is 5.11 Å². The topological polar surface area (TPSA) is 20.2 Å². The fourth-order valence-corrected chi connectivity index (χ4v) is 0.339. The third kappa shape index (κ3) is 3.72. The summed E-state index contributed by atoms with van der Waals surface area (Å²) in [7, 11) is 0. The minimum atomic E-state index is -0.00231. The summed E-state index contributed by atoms with van der Waals surface area (Å²) >= 11 is 0. The van der Waals surface area contributed by atoms with Gasteiger partial charge in [0.25, 0.3) is 0 Å². The van der Waals surface area contributed by atoms with E-state index in [2.05, 4.69) is 19.7 Å². The lowest BCUT2D eigenvalue weighted by Crippen LogP contribution is -1.78. The minimum Gasteiger partial charge on any atom is -0.508 e. The van der Waals surface area contributed by atoms with Crippen LogP contribution in [0.25, 0.3) is 0 Å². The van der Waals surface area contributed by atoms with Gasteiger partial charge in [0.2, 0.25) is 0 Å². The zero-order chi connectivity index (χ0) is 8.15. The van der Waals surface area contributed by atoms with Crippen LogP contribution in [-0.2, 0) is 0 Å². The molecule has 0 aromatic carbocycles. The highest BCUT2D eigenvalue weighted by molar-refractivity contribution is 5.33. The van der Waals surface area contributed by atoms with Crippen molar-refractivity contribution in [2.75, 3.05) is 0 Å². The molecule has 0 aliphatic rings. The summed E-state index contributed by atoms with van der Waals surface area (Å²) < 4.78 is 0. The third-order valence-corrected chi connectivity index (χ3v) is 0.940. The Morgan fingerprint density at radius 3 is 2.00 bits per heavy atom. The third-order valence-electron chi connectivity index (χ3n) is 0.940. The van der Waals surface area contributed by atoms with Crippen LogP contribution >= 0.6 is 0 Å². The lowest BCUT2D eigenvalue weighted by atomic mass is 10.2. The van der Waals surface area contributed by atoms with Gasteiger partial charge in [0.05, 0.1) is 0 Å². The first-order chi connectivity index (χ1) is 4.54. The molecule has 0 amide bonds. The molecule has 0 spiro atoms. The molecular weight excluding hydrogens is 124 g/mol. The molecule has 0 aliphatic carbocycles. The van der Waals surface area contributed by atoms with Gasteiger partial charge in [-0.05, 0) is 6.92 Å². The van der Waals surface area contributed by atoms with Gasteiger partial charge in [-0.25, -0.2) is 0 Å². The first-order valence-corrected chi connectivity index (χ1v) is 2.94. The van der Waals surface area contributed by atoms with Crippen LogP contribution in [-0.4, -0.2) is 5.11 Å². The highest BCUT2D eigenvalue weighted by atomic mass is 16.3. The van der Waals surface area contributed by atoms with Crippen LogP contribution in [0.1, 0.15) is 6.92 Å². The predicted octanol–water partition coefficient (Wildman–Crippen LogP) is 2.75. The monoisotopic (exact) mass is 136 g/mol. The normalized spacial score (nSPS) is 9.70. The molecule has 1 nitrogen and oxygen atoms in total. The summed E-state index contributed by atoms with van der Waals surface area (Å²) in [6, 6.07) is 0. The van der Waals surface area contributed by atoms with E-state index in [4.69, 9.17) is 5.11 Å². The minimum absolute atomic E-state index is 0.00231. The fourth-order valence-electron chi connectivity index (χ4n) is 0.339. The van der Waals surface area contributed by atoms with Gasteiger partial charge in [-0.15, -0.1) is 0 Å². The summed E-state index contributed by atoms with van der Waals surface area (Å²) in [6.07, 6.45) is 3.44. The van der Waals surface area contributed by atoms with E-state index in [-0.39, 0.29) is 5.76 Å². The Bertz CT molecular complexity index is 197. The van der Waals surface area contributed by atoms with Gasteiger partial charge >= 0.3 is 0 Å². The van der Waals surface area contributed by atoms with E-state index in [1.807, 2.05) is 6.92 Å². The number of aliphatic hydroxyl groups excluding tert-OH is 1. The molecule has 1 N–H and O–H groups in total. The Labute approximate surface area is 61.7 Å². The summed E-state index contributed by atoms with van der Waals surface area (Å²) in [4.78, 5) is 0. The second-order valence-electron chi connectivity index (χ2n) is 2.15. The molecule has 0 aliphatic heterocycles. The van der Waals surface area contributed by atoms with Crippen LogP contribution in [0.4, 0.5) is 0 Å². The number of hydrogen-bond acceptors (Lipinski definition) is 1. The maximum Gasteiger partial charge on any atom is 0.115 e. The lowest BCUT2D eigenvalue weighted by Gasteiger charge is -1.93. The van der Waals surface area contributed by atoms with E-state index in [9.17, 15) is 0 Å². The second kappa shape index (κ2) is 3.72. The average Bonchev–Trinajstić information content (AvgIpc) is 1.82. The Kier molecular flexibility index (Phi) is 3.26. The molecule has 0 aromatic heterocycles. The predicted molar refractivity (Wildman–Crippen MR) is 44.9 cm³/mol. The van der Waals surface area contributed by atoms with Crippen LogP contribution in [0.2, 0.25) is 0 Å². The quantitative estimate of drug-likeness (QED) is 0.467. The molecule has 0 heterocycles. The highest BCUT2D eigenvalue weighted by Crippen LogP contribution is 2.03. The molecular formula is C9H12O. The highest BCUT2D eigenvalue weighted by Gasteiger charge is 1.88.